The predicted octanol–water partition coefficient (Wildman–Crippen LogP) is 1.49. The number of piperidine rings is 1. The molecule has 1 N–H and O–H groups in total. The first-order chi connectivity index (χ1) is 7.57. The van der Waals surface area contributed by atoms with Crippen molar-refractivity contribution in [3.8, 4) is 0 Å². The van der Waals surface area contributed by atoms with Crippen LogP contribution in [-0.4, -0.2) is 49.3 Å². The first-order valence-corrected chi connectivity index (χ1v) is 6.65. The Hall–Kier alpha value is -0.120. The monoisotopic (exact) mass is 226 g/mol. The lowest BCUT2D eigenvalue weighted by Gasteiger charge is -2.44. The smallest absolute Gasteiger partial charge is 0.0731 e. The SMILES string of the molecule is CC(C)(C)N1CCOC(C2CCNCC2)C1. The second-order valence-corrected chi connectivity index (χ2v) is 6.11. The fraction of sp³-hybridized carbons (Fsp3) is 1.00. The van der Waals surface area contributed by atoms with Crippen LogP contribution in [0.1, 0.15) is 33.6 Å². The lowest BCUT2D eigenvalue weighted by molar-refractivity contribution is -0.0863. The zero-order valence-electron chi connectivity index (χ0n) is 11.0. The van der Waals surface area contributed by atoms with Gasteiger partial charge in [0.25, 0.3) is 0 Å². The number of hydrogen-bond donors (Lipinski definition) is 1. The van der Waals surface area contributed by atoms with Gasteiger partial charge in [-0.15, -0.1) is 0 Å². The minimum absolute atomic E-state index is 0.287. The van der Waals surface area contributed by atoms with Gasteiger partial charge in [-0.25, -0.2) is 0 Å². The molecule has 0 amide bonds. The number of rotatable bonds is 1. The molecule has 0 aromatic heterocycles. The van der Waals surface area contributed by atoms with Crippen molar-refractivity contribution >= 4 is 0 Å². The van der Waals surface area contributed by atoms with Crippen LogP contribution in [0.15, 0.2) is 0 Å². The van der Waals surface area contributed by atoms with Crippen LogP contribution in [0.3, 0.4) is 0 Å². The average Bonchev–Trinajstić information content (AvgIpc) is 2.29. The summed E-state index contributed by atoms with van der Waals surface area (Å²) in [6.45, 7) is 12.4. The van der Waals surface area contributed by atoms with Gasteiger partial charge >= 0.3 is 0 Å². The van der Waals surface area contributed by atoms with Gasteiger partial charge in [-0.1, -0.05) is 0 Å². The first-order valence-electron chi connectivity index (χ1n) is 6.65. The van der Waals surface area contributed by atoms with E-state index in [0.717, 1.165) is 25.6 Å². The molecule has 16 heavy (non-hydrogen) atoms. The molecule has 0 aromatic carbocycles. The zero-order chi connectivity index (χ0) is 11.6. The van der Waals surface area contributed by atoms with Crippen molar-refractivity contribution in [3.05, 3.63) is 0 Å². The van der Waals surface area contributed by atoms with Crippen LogP contribution < -0.4 is 5.32 Å². The van der Waals surface area contributed by atoms with Crippen LogP contribution >= 0.6 is 0 Å². The van der Waals surface area contributed by atoms with Gasteiger partial charge in [-0.2, -0.15) is 0 Å². The van der Waals surface area contributed by atoms with Crippen molar-refractivity contribution in [2.24, 2.45) is 5.92 Å². The molecule has 0 saturated carbocycles. The van der Waals surface area contributed by atoms with E-state index in [1.165, 1.54) is 25.9 Å². The summed E-state index contributed by atoms with van der Waals surface area (Å²) in [6, 6.07) is 0. The molecule has 2 heterocycles. The molecule has 0 bridgehead atoms. The number of morpholine rings is 1. The number of nitrogens with one attached hydrogen (secondary N) is 1. The second-order valence-electron chi connectivity index (χ2n) is 6.11. The Morgan fingerprint density at radius 3 is 2.50 bits per heavy atom. The minimum Gasteiger partial charge on any atom is -0.375 e. The van der Waals surface area contributed by atoms with E-state index >= 15 is 0 Å². The summed E-state index contributed by atoms with van der Waals surface area (Å²) >= 11 is 0. The first kappa shape index (κ1) is 12.3. The summed E-state index contributed by atoms with van der Waals surface area (Å²) in [5, 5.41) is 3.43. The highest BCUT2D eigenvalue weighted by Gasteiger charge is 2.33. The van der Waals surface area contributed by atoms with Gasteiger partial charge in [0.05, 0.1) is 12.7 Å². The standard InChI is InChI=1S/C13H26N2O/c1-13(2,3)15-8-9-16-12(10-15)11-4-6-14-7-5-11/h11-12,14H,4-10H2,1-3H3. The number of nitrogens with zero attached hydrogens (tertiary/aromatic N) is 1. The molecule has 2 rings (SSSR count). The molecule has 3 heteroatoms. The van der Waals surface area contributed by atoms with Crippen molar-refractivity contribution in [2.45, 2.75) is 45.3 Å². The van der Waals surface area contributed by atoms with Crippen molar-refractivity contribution in [1.82, 2.24) is 10.2 Å². The normalized spacial score (nSPS) is 30.6. The van der Waals surface area contributed by atoms with Gasteiger partial charge in [0.1, 0.15) is 0 Å². The molecule has 0 radical (unpaired) electrons. The summed E-state index contributed by atoms with van der Waals surface area (Å²) in [4.78, 5) is 2.57. The highest BCUT2D eigenvalue weighted by molar-refractivity contribution is 4.86. The van der Waals surface area contributed by atoms with E-state index in [-0.39, 0.29) is 5.54 Å². The van der Waals surface area contributed by atoms with Crippen molar-refractivity contribution < 1.29 is 4.74 Å². The van der Waals surface area contributed by atoms with E-state index in [1.807, 2.05) is 0 Å². The Labute approximate surface area is 99.5 Å². The van der Waals surface area contributed by atoms with Gasteiger partial charge in [0.15, 0.2) is 0 Å². The largest absolute Gasteiger partial charge is 0.375 e. The highest BCUT2D eigenvalue weighted by Crippen LogP contribution is 2.25. The molecule has 2 fully saturated rings. The number of hydrogen-bond acceptors (Lipinski definition) is 3. The van der Waals surface area contributed by atoms with E-state index in [0.29, 0.717) is 6.10 Å². The summed E-state index contributed by atoms with van der Waals surface area (Å²) in [6.07, 6.45) is 3.03. The molecular weight excluding hydrogens is 200 g/mol. The maximum Gasteiger partial charge on any atom is 0.0731 e. The predicted molar refractivity (Wildman–Crippen MR) is 66.7 cm³/mol. The van der Waals surface area contributed by atoms with E-state index < -0.39 is 0 Å². The molecule has 2 saturated heterocycles. The molecule has 94 valence electrons. The maximum atomic E-state index is 5.97. The molecule has 3 nitrogen and oxygen atoms in total. The summed E-state index contributed by atoms with van der Waals surface area (Å²) < 4.78 is 5.97. The van der Waals surface area contributed by atoms with Crippen LogP contribution in [0.2, 0.25) is 0 Å². The van der Waals surface area contributed by atoms with Gasteiger partial charge < -0.3 is 10.1 Å². The van der Waals surface area contributed by atoms with Gasteiger partial charge in [-0.05, 0) is 52.6 Å². The lowest BCUT2D eigenvalue weighted by atomic mass is 9.90. The second kappa shape index (κ2) is 5.03. The van der Waals surface area contributed by atoms with Crippen LogP contribution in [0.4, 0.5) is 0 Å². The third-order valence-corrected chi connectivity index (χ3v) is 3.95. The Kier molecular flexibility index (Phi) is 3.88. The van der Waals surface area contributed by atoms with Crippen molar-refractivity contribution in [3.63, 3.8) is 0 Å². The maximum absolute atomic E-state index is 5.97. The van der Waals surface area contributed by atoms with Crippen molar-refractivity contribution in [2.75, 3.05) is 32.8 Å². The minimum atomic E-state index is 0.287. The summed E-state index contributed by atoms with van der Waals surface area (Å²) in [7, 11) is 0. The van der Waals surface area contributed by atoms with E-state index in [2.05, 4.69) is 31.0 Å². The molecule has 0 spiro atoms. The summed E-state index contributed by atoms with van der Waals surface area (Å²) in [5.74, 6) is 0.770. The fourth-order valence-corrected chi connectivity index (χ4v) is 2.79. The Balaban J connectivity index is 1.90. The fourth-order valence-electron chi connectivity index (χ4n) is 2.79. The van der Waals surface area contributed by atoms with Crippen LogP contribution in [0, 0.1) is 5.92 Å². The quantitative estimate of drug-likeness (QED) is 0.733. The third-order valence-electron chi connectivity index (χ3n) is 3.95. The Bertz CT molecular complexity index is 218. The van der Waals surface area contributed by atoms with Crippen LogP contribution in [0.5, 0.6) is 0 Å². The van der Waals surface area contributed by atoms with Gasteiger partial charge in [-0.3, -0.25) is 4.90 Å². The van der Waals surface area contributed by atoms with Crippen LogP contribution in [-0.2, 0) is 4.74 Å². The van der Waals surface area contributed by atoms with Crippen molar-refractivity contribution in [1.29, 1.82) is 0 Å². The van der Waals surface area contributed by atoms with Gasteiger partial charge in [0, 0.05) is 18.6 Å². The zero-order valence-corrected chi connectivity index (χ0v) is 11.0. The molecule has 1 atom stereocenters. The molecule has 2 aliphatic heterocycles. The topological polar surface area (TPSA) is 24.5 Å². The Morgan fingerprint density at radius 2 is 1.88 bits per heavy atom. The molecule has 2 aliphatic rings. The molecule has 0 aliphatic carbocycles. The van der Waals surface area contributed by atoms with E-state index in [4.69, 9.17) is 4.74 Å². The summed E-state index contributed by atoms with van der Waals surface area (Å²) in [5.41, 5.74) is 0.287. The third kappa shape index (κ3) is 2.96. The lowest BCUT2D eigenvalue weighted by Crippen LogP contribution is -2.54. The van der Waals surface area contributed by atoms with E-state index in [1.54, 1.807) is 0 Å². The molecule has 1 unspecified atom stereocenters. The van der Waals surface area contributed by atoms with Gasteiger partial charge in [0.2, 0.25) is 0 Å². The average molecular weight is 226 g/mol. The molecular formula is C13H26N2O. The highest BCUT2D eigenvalue weighted by atomic mass is 16.5. The van der Waals surface area contributed by atoms with Crippen LogP contribution in [0.25, 0.3) is 0 Å². The Morgan fingerprint density at radius 1 is 1.19 bits per heavy atom. The molecule has 0 aromatic rings. The number of ether oxygens (including phenoxy) is 1. The van der Waals surface area contributed by atoms with E-state index in [9.17, 15) is 0 Å².